The maximum Gasteiger partial charge on any atom is 0.121 e. The fourth-order valence-corrected chi connectivity index (χ4v) is 2.55. The van der Waals surface area contributed by atoms with Gasteiger partial charge in [-0.2, -0.15) is 0 Å². The molecule has 0 bridgehead atoms. The summed E-state index contributed by atoms with van der Waals surface area (Å²) in [6.07, 6.45) is 0. The standard InChI is InChI=1S/C15H23N3O/c1-5-18-14-7-6-11(19-4)8-13(14)17-15(18)12(9-16)10(2)3/h6-8,10,12H,5,9,16H2,1-4H3. The Morgan fingerprint density at radius 1 is 1.37 bits per heavy atom. The van der Waals surface area contributed by atoms with Crippen LogP contribution in [-0.4, -0.2) is 23.2 Å². The Morgan fingerprint density at radius 2 is 2.11 bits per heavy atom. The van der Waals surface area contributed by atoms with Crippen molar-refractivity contribution in [3.8, 4) is 5.75 Å². The smallest absolute Gasteiger partial charge is 0.121 e. The predicted molar refractivity (Wildman–Crippen MR) is 78.6 cm³/mol. The first kappa shape index (κ1) is 13.9. The molecule has 1 aromatic heterocycles. The number of benzene rings is 1. The van der Waals surface area contributed by atoms with Gasteiger partial charge >= 0.3 is 0 Å². The van der Waals surface area contributed by atoms with E-state index in [1.165, 1.54) is 0 Å². The van der Waals surface area contributed by atoms with Gasteiger partial charge in [0, 0.05) is 25.1 Å². The lowest BCUT2D eigenvalue weighted by Crippen LogP contribution is -2.21. The van der Waals surface area contributed by atoms with E-state index in [9.17, 15) is 0 Å². The molecule has 0 spiro atoms. The van der Waals surface area contributed by atoms with Crippen LogP contribution in [0, 0.1) is 5.92 Å². The molecule has 0 aliphatic carbocycles. The molecule has 0 radical (unpaired) electrons. The fraction of sp³-hybridized carbons (Fsp3) is 0.533. The van der Waals surface area contributed by atoms with E-state index in [0.717, 1.165) is 29.2 Å². The molecule has 19 heavy (non-hydrogen) atoms. The highest BCUT2D eigenvalue weighted by atomic mass is 16.5. The number of hydrogen-bond acceptors (Lipinski definition) is 3. The summed E-state index contributed by atoms with van der Waals surface area (Å²) in [5.41, 5.74) is 8.06. The highest BCUT2D eigenvalue weighted by molar-refractivity contribution is 5.78. The van der Waals surface area contributed by atoms with Gasteiger partial charge in [0.15, 0.2) is 0 Å². The van der Waals surface area contributed by atoms with E-state index in [1.807, 2.05) is 12.1 Å². The number of nitrogens with zero attached hydrogens (tertiary/aromatic N) is 2. The second-order valence-corrected chi connectivity index (χ2v) is 5.16. The Kier molecular flexibility index (Phi) is 4.10. The third-order valence-corrected chi connectivity index (χ3v) is 3.69. The molecule has 2 rings (SSSR count). The molecular formula is C15H23N3O. The van der Waals surface area contributed by atoms with E-state index in [4.69, 9.17) is 15.5 Å². The normalized spacial score (nSPS) is 13.2. The lowest BCUT2D eigenvalue weighted by molar-refractivity contribution is 0.415. The summed E-state index contributed by atoms with van der Waals surface area (Å²) in [5, 5.41) is 0. The van der Waals surface area contributed by atoms with E-state index in [1.54, 1.807) is 7.11 Å². The molecule has 0 aliphatic rings. The number of imidazole rings is 1. The molecule has 0 saturated heterocycles. The molecule has 104 valence electrons. The van der Waals surface area contributed by atoms with Crippen LogP contribution in [0.2, 0.25) is 0 Å². The first-order chi connectivity index (χ1) is 9.12. The van der Waals surface area contributed by atoms with Gasteiger partial charge in [-0.1, -0.05) is 13.8 Å². The van der Waals surface area contributed by atoms with Crippen LogP contribution in [-0.2, 0) is 6.54 Å². The number of ether oxygens (including phenoxy) is 1. The van der Waals surface area contributed by atoms with E-state index in [2.05, 4.69) is 31.4 Å². The largest absolute Gasteiger partial charge is 0.497 e. The lowest BCUT2D eigenvalue weighted by atomic mass is 9.95. The Balaban J connectivity index is 2.60. The van der Waals surface area contributed by atoms with Gasteiger partial charge in [0.25, 0.3) is 0 Å². The van der Waals surface area contributed by atoms with Gasteiger partial charge < -0.3 is 15.0 Å². The van der Waals surface area contributed by atoms with Crippen molar-refractivity contribution in [3.05, 3.63) is 24.0 Å². The summed E-state index contributed by atoms with van der Waals surface area (Å²) < 4.78 is 7.52. The average molecular weight is 261 g/mol. The van der Waals surface area contributed by atoms with Gasteiger partial charge in [0.1, 0.15) is 11.6 Å². The summed E-state index contributed by atoms with van der Waals surface area (Å²) in [7, 11) is 1.68. The van der Waals surface area contributed by atoms with Crippen molar-refractivity contribution >= 4 is 11.0 Å². The minimum absolute atomic E-state index is 0.290. The Hall–Kier alpha value is -1.55. The fourth-order valence-electron chi connectivity index (χ4n) is 2.55. The van der Waals surface area contributed by atoms with Crippen molar-refractivity contribution in [2.24, 2.45) is 11.7 Å². The quantitative estimate of drug-likeness (QED) is 0.900. The third kappa shape index (κ3) is 2.45. The van der Waals surface area contributed by atoms with Gasteiger partial charge in [-0.25, -0.2) is 4.98 Å². The van der Waals surface area contributed by atoms with Gasteiger partial charge in [-0.3, -0.25) is 0 Å². The molecule has 0 fully saturated rings. The van der Waals surface area contributed by atoms with Crippen molar-refractivity contribution in [1.82, 2.24) is 9.55 Å². The van der Waals surface area contributed by atoms with E-state index in [0.29, 0.717) is 18.4 Å². The maximum atomic E-state index is 5.93. The number of hydrogen-bond donors (Lipinski definition) is 1. The van der Waals surface area contributed by atoms with Crippen molar-refractivity contribution in [1.29, 1.82) is 0 Å². The molecule has 0 amide bonds. The Morgan fingerprint density at radius 3 is 2.63 bits per heavy atom. The first-order valence-electron chi connectivity index (χ1n) is 6.86. The van der Waals surface area contributed by atoms with E-state index in [-0.39, 0.29) is 0 Å². The zero-order chi connectivity index (χ0) is 14.0. The molecule has 4 nitrogen and oxygen atoms in total. The molecule has 1 aromatic carbocycles. The van der Waals surface area contributed by atoms with Crippen LogP contribution in [0.15, 0.2) is 18.2 Å². The SMILES string of the molecule is CCn1c(C(CN)C(C)C)nc2cc(OC)ccc21. The molecule has 4 heteroatoms. The van der Waals surface area contributed by atoms with Gasteiger partial charge in [-0.15, -0.1) is 0 Å². The third-order valence-electron chi connectivity index (χ3n) is 3.69. The van der Waals surface area contributed by atoms with Crippen LogP contribution in [0.5, 0.6) is 5.75 Å². The molecule has 2 aromatic rings. The maximum absolute atomic E-state index is 5.93. The Bertz CT molecular complexity index is 560. The van der Waals surface area contributed by atoms with Crippen molar-refractivity contribution < 1.29 is 4.74 Å². The molecular weight excluding hydrogens is 238 g/mol. The molecule has 1 unspecified atom stereocenters. The van der Waals surface area contributed by atoms with Crippen LogP contribution >= 0.6 is 0 Å². The average Bonchev–Trinajstić information content (AvgIpc) is 2.75. The number of aryl methyl sites for hydroxylation is 1. The number of fused-ring (bicyclic) bond motifs is 1. The van der Waals surface area contributed by atoms with E-state index >= 15 is 0 Å². The van der Waals surface area contributed by atoms with Crippen LogP contribution in [0.25, 0.3) is 11.0 Å². The molecule has 0 aliphatic heterocycles. The summed E-state index contributed by atoms with van der Waals surface area (Å²) in [4.78, 5) is 4.79. The summed E-state index contributed by atoms with van der Waals surface area (Å²) in [6.45, 7) is 8.05. The minimum Gasteiger partial charge on any atom is -0.497 e. The number of aromatic nitrogens is 2. The van der Waals surface area contributed by atoms with Crippen LogP contribution in [0.4, 0.5) is 0 Å². The first-order valence-corrected chi connectivity index (χ1v) is 6.86. The molecule has 1 heterocycles. The second kappa shape index (κ2) is 5.61. The summed E-state index contributed by atoms with van der Waals surface area (Å²) in [5.74, 6) is 2.70. The predicted octanol–water partition coefficient (Wildman–Crippen LogP) is 2.76. The zero-order valence-electron chi connectivity index (χ0n) is 12.2. The van der Waals surface area contributed by atoms with Crippen molar-refractivity contribution in [2.45, 2.75) is 33.2 Å². The van der Waals surface area contributed by atoms with Crippen LogP contribution in [0.3, 0.4) is 0 Å². The lowest BCUT2D eigenvalue weighted by Gasteiger charge is -2.19. The minimum atomic E-state index is 0.290. The van der Waals surface area contributed by atoms with Crippen molar-refractivity contribution in [2.75, 3.05) is 13.7 Å². The summed E-state index contributed by atoms with van der Waals surface area (Å²) in [6, 6.07) is 6.04. The molecule has 1 atom stereocenters. The van der Waals surface area contributed by atoms with Crippen molar-refractivity contribution in [3.63, 3.8) is 0 Å². The highest BCUT2D eigenvalue weighted by Gasteiger charge is 2.21. The van der Waals surface area contributed by atoms with E-state index < -0.39 is 0 Å². The summed E-state index contributed by atoms with van der Waals surface area (Å²) >= 11 is 0. The number of rotatable bonds is 5. The number of methoxy groups -OCH3 is 1. The Labute approximate surface area is 114 Å². The molecule has 0 saturated carbocycles. The topological polar surface area (TPSA) is 53.1 Å². The zero-order valence-corrected chi connectivity index (χ0v) is 12.2. The van der Waals surface area contributed by atoms with Gasteiger partial charge in [-0.05, 0) is 25.0 Å². The van der Waals surface area contributed by atoms with Gasteiger partial charge in [0.2, 0.25) is 0 Å². The van der Waals surface area contributed by atoms with Crippen LogP contribution in [0.1, 0.15) is 32.5 Å². The second-order valence-electron chi connectivity index (χ2n) is 5.16. The molecule has 2 N–H and O–H groups in total. The van der Waals surface area contributed by atoms with Gasteiger partial charge in [0.05, 0.1) is 18.1 Å². The van der Waals surface area contributed by atoms with Crippen LogP contribution < -0.4 is 10.5 Å². The highest BCUT2D eigenvalue weighted by Crippen LogP contribution is 2.28. The monoisotopic (exact) mass is 261 g/mol. The number of nitrogens with two attached hydrogens (primary N) is 1.